The molecule has 10 aromatic rings. The number of aromatic nitrogens is 3. The number of benzene rings is 8. The molecule has 2 heterocycles. The van der Waals surface area contributed by atoms with Gasteiger partial charge in [0.25, 0.3) is 0 Å². The first-order chi connectivity index (χ1) is 27.2. The van der Waals surface area contributed by atoms with Gasteiger partial charge >= 0.3 is 0 Å². The summed E-state index contributed by atoms with van der Waals surface area (Å²) in [6.45, 7) is 0. The highest BCUT2D eigenvalue weighted by Gasteiger charge is 2.21. The molecule has 0 amide bonds. The molecule has 0 aliphatic heterocycles. The summed E-state index contributed by atoms with van der Waals surface area (Å²) in [5.74, 6) is 1.81. The second kappa shape index (κ2) is 12.8. The van der Waals surface area contributed by atoms with Gasteiger partial charge in [0.05, 0.1) is 5.56 Å². The van der Waals surface area contributed by atoms with E-state index >= 15 is 0 Å². The topological polar surface area (TPSA) is 51.8 Å². The highest BCUT2D eigenvalue weighted by atomic mass is 16.3. The molecule has 1 aliphatic carbocycles. The van der Waals surface area contributed by atoms with Gasteiger partial charge in [0.15, 0.2) is 17.5 Å². The lowest BCUT2D eigenvalue weighted by Gasteiger charge is -2.13. The molecule has 0 spiro atoms. The molecule has 0 radical (unpaired) electrons. The zero-order valence-electron chi connectivity index (χ0n) is 29.9. The molecule has 0 N–H and O–H groups in total. The van der Waals surface area contributed by atoms with Gasteiger partial charge in [-0.3, -0.25) is 0 Å². The van der Waals surface area contributed by atoms with E-state index < -0.39 is 0 Å². The number of rotatable bonds is 5. The average molecular weight is 704 g/mol. The van der Waals surface area contributed by atoms with E-state index in [2.05, 4.69) is 170 Å². The Kier molecular flexibility index (Phi) is 7.27. The van der Waals surface area contributed by atoms with E-state index in [0.717, 1.165) is 78.6 Å². The van der Waals surface area contributed by atoms with E-state index in [-0.39, 0.29) is 0 Å². The van der Waals surface area contributed by atoms with Crippen LogP contribution >= 0.6 is 0 Å². The highest BCUT2D eigenvalue weighted by molar-refractivity contribution is 6.14. The smallest absolute Gasteiger partial charge is 0.167 e. The van der Waals surface area contributed by atoms with E-state index in [1.807, 2.05) is 6.07 Å². The van der Waals surface area contributed by atoms with Crippen molar-refractivity contribution in [1.82, 2.24) is 15.0 Å². The van der Waals surface area contributed by atoms with Gasteiger partial charge in [-0.05, 0) is 110 Å². The van der Waals surface area contributed by atoms with Crippen LogP contribution < -0.4 is 0 Å². The van der Waals surface area contributed by atoms with Crippen molar-refractivity contribution >= 4 is 59.8 Å². The summed E-state index contributed by atoms with van der Waals surface area (Å²) in [5, 5.41) is 9.04. The summed E-state index contributed by atoms with van der Waals surface area (Å²) in [5.41, 5.74) is 9.14. The second-order valence-electron chi connectivity index (χ2n) is 14.4. The van der Waals surface area contributed by atoms with Crippen molar-refractivity contribution in [1.29, 1.82) is 0 Å². The third-order valence-corrected chi connectivity index (χ3v) is 10.9. The molecule has 0 atom stereocenters. The SMILES string of the molecule is C1=CCCC(c2cc(-c3nc(-c4ccc5ccccc5c4)nc(-c4ccc5cc(-c6ccccc6)ccc5c4)n3)c3oc4cc5ccccc5cc4c3c2)=C1. The van der Waals surface area contributed by atoms with Crippen LogP contribution in [0.25, 0.3) is 105 Å². The number of hydrogen-bond donors (Lipinski definition) is 0. The first kappa shape index (κ1) is 31.4. The summed E-state index contributed by atoms with van der Waals surface area (Å²) in [7, 11) is 0. The third-order valence-electron chi connectivity index (χ3n) is 10.9. The molecule has 0 saturated carbocycles. The lowest BCUT2D eigenvalue weighted by atomic mass is 9.93. The Hall–Kier alpha value is -7.17. The predicted molar refractivity (Wildman–Crippen MR) is 228 cm³/mol. The van der Waals surface area contributed by atoms with Crippen LogP contribution in [0.2, 0.25) is 0 Å². The van der Waals surface area contributed by atoms with Gasteiger partial charge in [0.1, 0.15) is 11.2 Å². The van der Waals surface area contributed by atoms with E-state index in [1.54, 1.807) is 0 Å². The lowest BCUT2D eigenvalue weighted by molar-refractivity contribution is 0.670. The highest BCUT2D eigenvalue weighted by Crippen LogP contribution is 2.41. The Morgan fingerprint density at radius 2 is 1.00 bits per heavy atom. The average Bonchev–Trinajstić information content (AvgIpc) is 3.62. The minimum Gasteiger partial charge on any atom is -0.455 e. The first-order valence-electron chi connectivity index (χ1n) is 18.8. The Morgan fingerprint density at radius 3 is 1.71 bits per heavy atom. The van der Waals surface area contributed by atoms with Crippen LogP contribution in [0.3, 0.4) is 0 Å². The van der Waals surface area contributed by atoms with E-state index in [0.29, 0.717) is 17.5 Å². The van der Waals surface area contributed by atoms with Gasteiger partial charge < -0.3 is 4.42 Å². The second-order valence-corrected chi connectivity index (χ2v) is 14.4. The third kappa shape index (κ3) is 5.58. The molecule has 0 saturated heterocycles. The van der Waals surface area contributed by atoms with Crippen LogP contribution in [0.1, 0.15) is 18.4 Å². The van der Waals surface area contributed by atoms with Crippen molar-refractivity contribution in [3.05, 3.63) is 182 Å². The molecule has 8 aromatic carbocycles. The zero-order chi connectivity index (χ0) is 36.3. The maximum atomic E-state index is 6.81. The van der Waals surface area contributed by atoms with Gasteiger partial charge in [0, 0.05) is 21.9 Å². The van der Waals surface area contributed by atoms with Crippen molar-refractivity contribution in [2.45, 2.75) is 12.8 Å². The van der Waals surface area contributed by atoms with Gasteiger partial charge in [-0.15, -0.1) is 0 Å². The molecule has 0 unspecified atom stereocenters. The Bertz CT molecular complexity index is 3210. The standard InChI is InChI=1S/C51H33N3O/c1-3-11-32(12-4-1)38-20-21-40-27-42(24-22-39(40)25-38)50-52-49(41-23-19-34-15-7-8-16-35(34)26-41)53-51(54-50)46-30-43(33-13-5-2-6-14-33)29-45-44-28-36-17-9-10-18-37(36)31-47(44)55-48(45)46/h1-5,7-13,15-31H,6,14H2. The number of hydrogen-bond acceptors (Lipinski definition) is 4. The van der Waals surface area contributed by atoms with Crippen LogP contribution in [0, 0.1) is 0 Å². The minimum atomic E-state index is 0.579. The van der Waals surface area contributed by atoms with Crippen molar-refractivity contribution in [3.63, 3.8) is 0 Å². The van der Waals surface area contributed by atoms with Crippen LogP contribution in [0.4, 0.5) is 0 Å². The molecular weight excluding hydrogens is 671 g/mol. The maximum absolute atomic E-state index is 6.81. The van der Waals surface area contributed by atoms with Gasteiger partial charge in [-0.1, -0.05) is 133 Å². The zero-order valence-corrected chi connectivity index (χ0v) is 29.9. The van der Waals surface area contributed by atoms with Crippen molar-refractivity contribution < 1.29 is 4.42 Å². The van der Waals surface area contributed by atoms with Crippen LogP contribution in [-0.4, -0.2) is 15.0 Å². The maximum Gasteiger partial charge on any atom is 0.167 e. The van der Waals surface area contributed by atoms with Crippen molar-refractivity contribution in [3.8, 4) is 45.3 Å². The summed E-state index contributed by atoms with van der Waals surface area (Å²) in [6, 6.07) is 55.7. The number of fused-ring (bicyclic) bond motifs is 6. The molecule has 4 nitrogen and oxygen atoms in total. The molecule has 11 rings (SSSR count). The number of allylic oxidation sites excluding steroid dienone is 4. The molecule has 0 fully saturated rings. The lowest BCUT2D eigenvalue weighted by Crippen LogP contribution is -2.01. The molecule has 0 bridgehead atoms. The number of nitrogens with zero attached hydrogens (tertiary/aromatic N) is 3. The van der Waals surface area contributed by atoms with Crippen LogP contribution in [0.15, 0.2) is 180 Å². The summed E-state index contributed by atoms with van der Waals surface area (Å²) >= 11 is 0. The van der Waals surface area contributed by atoms with Crippen molar-refractivity contribution in [2.24, 2.45) is 0 Å². The Balaban J connectivity index is 1.15. The molecule has 55 heavy (non-hydrogen) atoms. The molecule has 258 valence electrons. The molecule has 2 aromatic heterocycles. The normalized spacial score (nSPS) is 13.0. The fourth-order valence-electron chi connectivity index (χ4n) is 8.04. The van der Waals surface area contributed by atoms with E-state index in [9.17, 15) is 0 Å². The van der Waals surface area contributed by atoms with Gasteiger partial charge in [-0.2, -0.15) is 0 Å². The minimum absolute atomic E-state index is 0.579. The molecule has 1 aliphatic rings. The Labute approximate surface area is 317 Å². The van der Waals surface area contributed by atoms with Crippen LogP contribution in [0.5, 0.6) is 0 Å². The summed E-state index contributed by atoms with van der Waals surface area (Å²) in [4.78, 5) is 15.7. The number of furan rings is 1. The molecule has 4 heteroatoms. The van der Waals surface area contributed by atoms with Crippen molar-refractivity contribution in [2.75, 3.05) is 0 Å². The van der Waals surface area contributed by atoms with Crippen LogP contribution in [-0.2, 0) is 0 Å². The fourth-order valence-corrected chi connectivity index (χ4v) is 8.04. The Morgan fingerprint density at radius 1 is 0.418 bits per heavy atom. The fraction of sp³-hybridized carbons (Fsp3) is 0.0392. The van der Waals surface area contributed by atoms with Gasteiger partial charge in [0.2, 0.25) is 0 Å². The monoisotopic (exact) mass is 703 g/mol. The summed E-state index contributed by atoms with van der Waals surface area (Å²) < 4.78 is 6.81. The first-order valence-corrected chi connectivity index (χ1v) is 18.8. The molecular formula is C51H33N3O. The van der Waals surface area contributed by atoms with Gasteiger partial charge in [-0.25, -0.2) is 15.0 Å². The largest absolute Gasteiger partial charge is 0.455 e. The predicted octanol–water partition coefficient (Wildman–Crippen LogP) is 13.6. The quantitative estimate of drug-likeness (QED) is 0.179. The summed E-state index contributed by atoms with van der Waals surface area (Å²) in [6.07, 6.45) is 8.58. The van der Waals surface area contributed by atoms with E-state index in [1.165, 1.54) is 27.5 Å². The van der Waals surface area contributed by atoms with E-state index in [4.69, 9.17) is 19.4 Å².